The van der Waals surface area contributed by atoms with E-state index in [0.29, 0.717) is 5.92 Å². The van der Waals surface area contributed by atoms with Gasteiger partial charge >= 0.3 is 0 Å². The molecule has 0 amide bonds. The maximum Gasteiger partial charge on any atom is 0.0860 e. The molecule has 0 radical (unpaired) electrons. The van der Waals surface area contributed by atoms with Gasteiger partial charge in [0.1, 0.15) is 0 Å². The van der Waals surface area contributed by atoms with Gasteiger partial charge in [0.05, 0.1) is 5.60 Å². The quantitative estimate of drug-likeness (QED) is 0.761. The van der Waals surface area contributed by atoms with Crippen molar-refractivity contribution in [2.24, 2.45) is 0 Å². The zero-order valence-electron chi connectivity index (χ0n) is 9.91. The Hall–Kier alpha value is -1.02. The van der Waals surface area contributed by atoms with Crippen LogP contribution in [0.1, 0.15) is 37.8 Å². The first kappa shape index (κ1) is 10.5. The zero-order valence-corrected chi connectivity index (χ0v) is 9.91. The third-order valence-electron chi connectivity index (χ3n) is 3.19. The van der Waals surface area contributed by atoms with Gasteiger partial charge in [0.25, 0.3) is 0 Å². The Bertz CT molecular complexity index is 379. The molecular weight excluding hydrogens is 186 g/mol. The molecule has 0 bridgehead atoms. The van der Waals surface area contributed by atoms with Crippen LogP contribution in [0, 0.1) is 0 Å². The predicted molar refractivity (Wildman–Crippen MR) is 63.4 cm³/mol. The lowest BCUT2D eigenvalue weighted by Gasteiger charge is -2.25. The second-order valence-electron chi connectivity index (χ2n) is 5.08. The van der Waals surface area contributed by atoms with Crippen molar-refractivity contribution >= 4 is 5.69 Å². The normalized spacial score (nSPS) is 20.6. The number of anilines is 1. The third kappa shape index (κ3) is 1.63. The van der Waals surface area contributed by atoms with E-state index in [1.54, 1.807) is 0 Å². The van der Waals surface area contributed by atoms with Crippen LogP contribution in [-0.2, 0) is 5.60 Å². The highest BCUT2D eigenvalue weighted by Crippen LogP contribution is 2.41. The molecule has 1 aliphatic rings. The van der Waals surface area contributed by atoms with Crippen molar-refractivity contribution in [3.63, 3.8) is 0 Å². The lowest BCUT2D eigenvalue weighted by atomic mass is 9.92. The molecule has 1 unspecified atom stereocenters. The van der Waals surface area contributed by atoms with E-state index in [0.717, 1.165) is 12.1 Å². The van der Waals surface area contributed by atoms with Crippen molar-refractivity contribution < 1.29 is 5.11 Å². The molecule has 1 heterocycles. The minimum atomic E-state index is -0.760. The van der Waals surface area contributed by atoms with Crippen LogP contribution in [0.25, 0.3) is 0 Å². The van der Waals surface area contributed by atoms with Gasteiger partial charge in [-0.2, -0.15) is 0 Å². The number of benzene rings is 1. The fraction of sp³-hybridized carbons (Fsp3) is 0.538. The number of fused-ring (bicyclic) bond motifs is 1. The molecule has 2 heteroatoms. The smallest absolute Gasteiger partial charge is 0.0860 e. The van der Waals surface area contributed by atoms with Gasteiger partial charge in [0, 0.05) is 30.8 Å². The Morgan fingerprint density at radius 3 is 2.67 bits per heavy atom. The lowest BCUT2D eigenvalue weighted by molar-refractivity contribution is 0.0791. The maximum absolute atomic E-state index is 10.1. The summed E-state index contributed by atoms with van der Waals surface area (Å²) in [6.07, 6.45) is 0. The zero-order chi connectivity index (χ0) is 11.2. The van der Waals surface area contributed by atoms with Crippen LogP contribution in [0.5, 0.6) is 0 Å². The van der Waals surface area contributed by atoms with E-state index in [1.165, 1.54) is 11.3 Å². The standard InChI is InChI=1S/C13H19NO/c1-9-8-14(4)12-10(9)6-5-7-11(12)13(2,3)15/h5-7,9,15H,8H2,1-4H3. The highest BCUT2D eigenvalue weighted by atomic mass is 16.3. The van der Waals surface area contributed by atoms with Crippen LogP contribution >= 0.6 is 0 Å². The maximum atomic E-state index is 10.1. The molecule has 1 atom stereocenters. The Morgan fingerprint density at radius 2 is 2.07 bits per heavy atom. The Kier molecular flexibility index (Phi) is 2.27. The van der Waals surface area contributed by atoms with Gasteiger partial charge in [-0.1, -0.05) is 25.1 Å². The van der Waals surface area contributed by atoms with Crippen molar-refractivity contribution in [2.45, 2.75) is 32.3 Å². The molecule has 1 aromatic carbocycles. The molecule has 0 aliphatic carbocycles. The second-order valence-corrected chi connectivity index (χ2v) is 5.08. The third-order valence-corrected chi connectivity index (χ3v) is 3.19. The van der Waals surface area contributed by atoms with Crippen molar-refractivity contribution in [3.05, 3.63) is 29.3 Å². The topological polar surface area (TPSA) is 23.5 Å². The molecule has 0 fully saturated rings. The van der Waals surface area contributed by atoms with Crippen molar-refractivity contribution in [1.82, 2.24) is 0 Å². The average molecular weight is 205 g/mol. The van der Waals surface area contributed by atoms with Crippen molar-refractivity contribution in [3.8, 4) is 0 Å². The van der Waals surface area contributed by atoms with Gasteiger partial charge in [0.2, 0.25) is 0 Å². The van der Waals surface area contributed by atoms with E-state index < -0.39 is 5.60 Å². The van der Waals surface area contributed by atoms with Crippen molar-refractivity contribution in [2.75, 3.05) is 18.5 Å². The highest BCUT2D eigenvalue weighted by molar-refractivity contribution is 5.65. The summed E-state index contributed by atoms with van der Waals surface area (Å²) >= 11 is 0. The first-order valence-corrected chi connectivity index (χ1v) is 5.48. The van der Waals surface area contributed by atoms with Crippen LogP contribution in [0.15, 0.2) is 18.2 Å². The van der Waals surface area contributed by atoms with Gasteiger partial charge in [-0.15, -0.1) is 0 Å². The summed E-state index contributed by atoms with van der Waals surface area (Å²) in [4.78, 5) is 2.24. The van der Waals surface area contributed by atoms with Crippen LogP contribution < -0.4 is 4.90 Å². The van der Waals surface area contributed by atoms with E-state index in [9.17, 15) is 5.11 Å². The predicted octanol–water partition coefficient (Wildman–Crippen LogP) is 2.47. The largest absolute Gasteiger partial charge is 0.386 e. The molecule has 2 rings (SSSR count). The van der Waals surface area contributed by atoms with Gasteiger partial charge in [0.15, 0.2) is 0 Å². The number of aliphatic hydroxyl groups is 1. The molecule has 0 saturated heterocycles. The number of hydrogen-bond acceptors (Lipinski definition) is 2. The van der Waals surface area contributed by atoms with Crippen LogP contribution in [-0.4, -0.2) is 18.7 Å². The summed E-state index contributed by atoms with van der Waals surface area (Å²) in [6, 6.07) is 6.23. The van der Waals surface area contributed by atoms with E-state index in [4.69, 9.17) is 0 Å². The van der Waals surface area contributed by atoms with E-state index in [1.807, 2.05) is 26.0 Å². The van der Waals surface area contributed by atoms with Crippen LogP contribution in [0.3, 0.4) is 0 Å². The Morgan fingerprint density at radius 1 is 1.40 bits per heavy atom. The molecule has 1 aromatic rings. The lowest BCUT2D eigenvalue weighted by Crippen LogP contribution is -2.22. The number of para-hydroxylation sites is 1. The summed E-state index contributed by atoms with van der Waals surface area (Å²) in [6.45, 7) is 6.97. The number of nitrogens with zero attached hydrogens (tertiary/aromatic N) is 1. The summed E-state index contributed by atoms with van der Waals surface area (Å²) in [5.74, 6) is 0.562. The number of rotatable bonds is 1. The van der Waals surface area contributed by atoms with Gasteiger partial charge in [-0.05, 0) is 19.4 Å². The summed E-state index contributed by atoms with van der Waals surface area (Å²) in [7, 11) is 2.09. The molecule has 0 aromatic heterocycles. The summed E-state index contributed by atoms with van der Waals surface area (Å²) < 4.78 is 0. The van der Waals surface area contributed by atoms with Crippen LogP contribution in [0.4, 0.5) is 5.69 Å². The summed E-state index contributed by atoms with van der Waals surface area (Å²) in [5.41, 5.74) is 2.85. The molecule has 1 N–H and O–H groups in total. The average Bonchev–Trinajstić information content (AvgIpc) is 2.41. The number of hydrogen-bond donors (Lipinski definition) is 1. The SMILES string of the molecule is CC1CN(C)c2c1cccc2C(C)(C)O. The Labute approximate surface area is 91.5 Å². The fourth-order valence-corrected chi connectivity index (χ4v) is 2.48. The van der Waals surface area contributed by atoms with E-state index in [2.05, 4.69) is 24.9 Å². The molecule has 0 saturated carbocycles. The molecule has 0 spiro atoms. The van der Waals surface area contributed by atoms with Gasteiger partial charge < -0.3 is 10.0 Å². The Balaban J connectivity index is 2.61. The van der Waals surface area contributed by atoms with E-state index in [-0.39, 0.29) is 0 Å². The van der Waals surface area contributed by atoms with E-state index >= 15 is 0 Å². The first-order chi connectivity index (χ1) is 6.91. The molecule has 1 aliphatic heterocycles. The van der Waals surface area contributed by atoms with Gasteiger partial charge in [-0.25, -0.2) is 0 Å². The van der Waals surface area contributed by atoms with Gasteiger partial charge in [-0.3, -0.25) is 0 Å². The first-order valence-electron chi connectivity index (χ1n) is 5.48. The fourth-order valence-electron chi connectivity index (χ4n) is 2.48. The highest BCUT2D eigenvalue weighted by Gasteiger charge is 2.30. The minimum absolute atomic E-state index is 0.562. The number of likely N-dealkylation sites (N-methyl/N-ethyl adjacent to an activating group) is 1. The molecule has 82 valence electrons. The second kappa shape index (κ2) is 3.24. The monoisotopic (exact) mass is 205 g/mol. The van der Waals surface area contributed by atoms with Crippen molar-refractivity contribution in [1.29, 1.82) is 0 Å². The minimum Gasteiger partial charge on any atom is -0.386 e. The van der Waals surface area contributed by atoms with Crippen LogP contribution in [0.2, 0.25) is 0 Å². The molecule has 15 heavy (non-hydrogen) atoms. The molecular formula is C13H19NO. The summed E-state index contributed by atoms with van der Waals surface area (Å²) in [5, 5.41) is 10.1. The molecule has 2 nitrogen and oxygen atoms in total.